The SMILES string of the molecule is COc1ccc(C(=O)NO)cc1OCc1ccc(Cl)cc1Cl. The van der Waals surface area contributed by atoms with Crippen LogP contribution in [0.4, 0.5) is 0 Å². The van der Waals surface area contributed by atoms with Crippen molar-refractivity contribution in [3.8, 4) is 11.5 Å². The Labute approximate surface area is 137 Å². The van der Waals surface area contributed by atoms with Gasteiger partial charge in [0.15, 0.2) is 11.5 Å². The molecule has 2 aromatic carbocycles. The Morgan fingerprint density at radius 3 is 2.59 bits per heavy atom. The molecule has 0 aliphatic heterocycles. The number of hydrogen-bond acceptors (Lipinski definition) is 4. The molecule has 5 nitrogen and oxygen atoms in total. The van der Waals surface area contributed by atoms with Crippen LogP contribution in [0.5, 0.6) is 11.5 Å². The monoisotopic (exact) mass is 341 g/mol. The maximum atomic E-state index is 11.4. The number of rotatable bonds is 5. The second-order valence-corrected chi connectivity index (χ2v) is 5.17. The van der Waals surface area contributed by atoms with E-state index >= 15 is 0 Å². The van der Waals surface area contributed by atoms with Crippen molar-refractivity contribution in [2.75, 3.05) is 7.11 Å². The van der Waals surface area contributed by atoms with E-state index in [1.165, 1.54) is 19.2 Å². The highest BCUT2D eigenvalue weighted by Crippen LogP contribution is 2.30. The van der Waals surface area contributed by atoms with Gasteiger partial charge in [-0.3, -0.25) is 10.0 Å². The third kappa shape index (κ3) is 3.82. The number of benzene rings is 2. The molecule has 1 amide bonds. The van der Waals surface area contributed by atoms with E-state index in [1.807, 2.05) is 0 Å². The Morgan fingerprint density at radius 1 is 1.18 bits per heavy atom. The van der Waals surface area contributed by atoms with Crippen LogP contribution in [-0.4, -0.2) is 18.2 Å². The first-order chi connectivity index (χ1) is 10.5. The van der Waals surface area contributed by atoms with E-state index in [-0.39, 0.29) is 12.2 Å². The predicted molar refractivity (Wildman–Crippen MR) is 83.0 cm³/mol. The zero-order valence-electron chi connectivity index (χ0n) is 11.6. The molecule has 7 heteroatoms. The molecular weight excluding hydrogens is 329 g/mol. The van der Waals surface area contributed by atoms with Crippen molar-refractivity contribution in [1.29, 1.82) is 0 Å². The fourth-order valence-electron chi connectivity index (χ4n) is 1.79. The third-order valence-corrected chi connectivity index (χ3v) is 3.51. The Hall–Kier alpha value is -1.95. The second-order valence-electron chi connectivity index (χ2n) is 4.33. The molecule has 2 rings (SSSR count). The Morgan fingerprint density at radius 2 is 1.95 bits per heavy atom. The summed E-state index contributed by atoms with van der Waals surface area (Å²) in [6.45, 7) is 0.177. The number of methoxy groups -OCH3 is 1. The Kier molecular flexibility index (Phi) is 5.49. The number of nitrogens with one attached hydrogen (secondary N) is 1. The molecule has 0 atom stereocenters. The number of carbonyl (C=O) groups excluding carboxylic acids is 1. The second kappa shape index (κ2) is 7.35. The lowest BCUT2D eigenvalue weighted by Crippen LogP contribution is -2.18. The van der Waals surface area contributed by atoms with Gasteiger partial charge in [0.05, 0.1) is 7.11 Å². The van der Waals surface area contributed by atoms with Crippen LogP contribution in [0.3, 0.4) is 0 Å². The van der Waals surface area contributed by atoms with Crippen LogP contribution in [0.2, 0.25) is 10.0 Å². The van der Waals surface area contributed by atoms with E-state index in [1.54, 1.807) is 29.7 Å². The molecular formula is C15H13Cl2NO4. The highest BCUT2D eigenvalue weighted by atomic mass is 35.5. The first-order valence-electron chi connectivity index (χ1n) is 6.24. The summed E-state index contributed by atoms with van der Waals surface area (Å²) in [5.74, 6) is 0.172. The summed E-state index contributed by atoms with van der Waals surface area (Å²) in [5.41, 5.74) is 2.54. The quantitative estimate of drug-likeness (QED) is 0.642. The minimum atomic E-state index is -0.642. The van der Waals surface area contributed by atoms with Crippen molar-refractivity contribution in [3.63, 3.8) is 0 Å². The van der Waals surface area contributed by atoms with Crippen LogP contribution >= 0.6 is 23.2 Å². The predicted octanol–water partition coefficient (Wildman–Crippen LogP) is 3.70. The van der Waals surface area contributed by atoms with Crippen LogP contribution in [0.1, 0.15) is 15.9 Å². The molecule has 0 heterocycles. The van der Waals surface area contributed by atoms with Gasteiger partial charge in [-0.05, 0) is 30.3 Å². The van der Waals surface area contributed by atoms with Gasteiger partial charge in [0.1, 0.15) is 6.61 Å². The van der Waals surface area contributed by atoms with Gasteiger partial charge in [0, 0.05) is 21.2 Å². The van der Waals surface area contributed by atoms with Crippen LogP contribution < -0.4 is 15.0 Å². The largest absolute Gasteiger partial charge is 0.493 e. The number of halogens is 2. The van der Waals surface area contributed by atoms with Crippen LogP contribution in [0.25, 0.3) is 0 Å². The van der Waals surface area contributed by atoms with Crippen LogP contribution in [0, 0.1) is 0 Å². The molecule has 2 N–H and O–H groups in total. The molecule has 0 aromatic heterocycles. The highest BCUT2D eigenvalue weighted by molar-refractivity contribution is 6.35. The molecule has 0 fully saturated rings. The smallest absolute Gasteiger partial charge is 0.274 e. The van der Waals surface area contributed by atoms with Gasteiger partial charge in [-0.25, -0.2) is 5.48 Å². The summed E-state index contributed by atoms with van der Waals surface area (Å²) in [5, 5.41) is 9.69. The van der Waals surface area contributed by atoms with Gasteiger partial charge in [0.2, 0.25) is 0 Å². The van der Waals surface area contributed by atoms with Crippen molar-refractivity contribution in [1.82, 2.24) is 5.48 Å². The van der Waals surface area contributed by atoms with Gasteiger partial charge in [-0.1, -0.05) is 29.3 Å². The molecule has 0 aliphatic carbocycles. The number of hydroxylamine groups is 1. The van der Waals surface area contributed by atoms with Crippen molar-refractivity contribution in [3.05, 3.63) is 57.6 Å². The highest BCUT2D eigenvalue weighted by Gasteiger charge is 2.11. The number of carbonyl (C=O) groups is 1. The summed E-state index contributed by atoms with van der Waals surface area (Å²) in [4.78, 5) is 11.4. The summed E-state index contributed by atoms with van der Waals surface area (Å²) in [6.07, 6.45) is 0. The van der Waals surface area contributed by atoms with E-state index in [0.717, 1.165) is 5.56 Å². The lowest BCUT2D eigenvalue weighted by molar-refractivity contribution is 0.0706. The minimum absolute atomic E-state index is 0.177. The topological polar surface area (TPSA) is 67.8 Å². The van der Waals surface area contributed by atoms with Crippen molar-refractivity contribution < 1.29 is 19.5 Å². The van der Waals surface area contributed by atoms with Gasteiger partial charge in [0.25, 0.3) is 5.91 Å². The number of amides is 1. The first kappa shape index (κ1) is 16.4. The zero-order chi connectivity index (χ0) is 16.1. The molecule has 0 saturated carbocycles. The zero-order valence-corrected chi connectivity index (χ0v) is 13.1. The lowest BCUT2D eigenvalue weighted by atomic mass is 10.2. The van der Waals surface area contributed by atoms with Crippen LogP contribution in [-0.2, 0) is 6.61 Å². The fourth-order valence-corrected chi connectivity index (χ4v) is 2.25. The van der Waals surface area contributed by atoms with Gasteiger partial charge < -0.3 is 9.47 Å². The van der Waals surface area contributed by atoms with E-state index in [2.05, 4.69) is 0 Å². The molecule has 116 valence electrons. The van der Waals surface area contributed by atoms with E-state index in [4.69, 9.17) is 37.9 Å². The molecule has 0 saturated heterocycles. The van der Waals surface area contributed by atoms with E-state index in [9.17, 15) is 4.79 Å². The standard InChI is InChI=1S/C15H13Cl2NO4/c1-21-13-5-3-9(15(19)18-20)6-14(13)22-8-10-2-4-11(16)7-12(10)17/h2-7,20H,8H2,1H3,(H,18,19). The van der Waals surface area contributed by atoms with Crippen molar-refractivity contribution >= 4 is 29.1 Å². The number of hydrogen-bond donors (Lipinski definition) is 2. The molecule has 2 aromatic rings. The Bertz CT molecular complexity index is 691. The minimum Gasteiger partial charge on any atom is -0.493 e. The molecule has 0 bridgehead atoms. The average Bonchev–Trinajstić information content (AvgIpc) is 2.53. The Balaban J connectivity index is 2.22. The van der Waals surface area contributed by atoms with E-state index in [0.29, 0.717) is 21.5 Å². The van der Waals surface area contributed by atoms with Crippen molar-refractivity contribution in [2.24, 2.45) is 0 Å². The molecule has 0 spiro atoms. The fraction of sp³-hybridized carbons (Fsp3) is 0.133. The summed E-state index contributed by atoms with van der Waals surface area (Å²) >= 11 is 11.9. The summed E-state index contributed by atoms with van der Waals surface area (Å²) in [6, 6.07) is 9.62. The average molecular weight is 342 g/mol. The maximum absolute atomic E-state index is 11.4. The third-order valence-electron chi connectivity index (χ3n) is 2.93. The first-order valence-corrected chi connectivity index (χ1v) is 7.00. The molecule has 0 radical (unpaired) electrons. The molecule has 0 unspecified atom stereocenters. The van der Waals surface area contributed by atoms with Gasteiger partial charge in [-0.15, -0.1) is 0 Å². The summed E-state index contributed by atoms with van der Waals surface area (Å²) in [7, 11) is 1.49. The maximum Gasteiger partial charge on any atom is 0.274 e. The molecule has 0 aliphatic rings. The lowest BCUT2D eigenvalue weighted by Gasteiger charge is -2.12. The molecule has 22 heavy (non-hydrogen) atoms. The van der Waals surface area contributed by atoms with Crippen molar-refractivity contribution in [2.45, 2.75) is 6.61 Å². The number of ether oxygens (including phenoxy) is 2. The van der Waals surface area contributed by atoms with Gasteiger partial charge >= 0.3 is 0 Å². The van der Waals surface area contributed by atoms with Crippen LogP contribution in [0.15, 0.2) is 36.4 Å². The van der Waals surface area contributed by atoms with Gasteiger partial charge in [-0.2, -0.15) is 0 Å². The summed E-state index contributed by atoms with van der Waals surface area (Å²) < 4.78 is 10.8. The van der Waals surface area contributed by atoms with E-state index < -0.39 is 5.91 Å². The normalized spacial score (nSPS) is 10.2.